The van der Waals surface area contributed by atoms with Crippen LogP contribution in [-0.4, -0.2) is 6.54 Å². The zero-order valence-electron chi connectivity index (χ0n) is 15.7. The first-order chi connectivity index (χ1) is 10.9. The Hall–Kier alpha value is -0.460. The third kappa shape index (κ3) is 19.5. The molecule has 0 unspecified atom stereocenters. The molecule has 0 fully saturated rings. The predicted octanol–water partition coefficient (Wildman–Crippen LogP) is 7.37. The van der Waals surface area contributed by atoms with Crippen LogP contribution in [-0.2, 0) is 0 Å². The molecule has 22 heavy (non-hydrogen) atoms. The Kier molecular flexibility index (Phi) is 20.1. The quantitative estimate of drug-likeness (QED) is 0.261. The van der Waals surface area contributed by atoms with Gasteiger partial charge in [0.1, 0.15) is 0 Å². The molecule has 1 nitrogen and oxygen atoms in total. The van der Waals surface area contributed by atoms with E-state index < -0.39 is 0 Å². The van der Waals surface area contributed by atoms with Gasteiger partial charge in [0.05, 0.1) is 0 Å². The fraction of sp³-hybridized carbons (Fsp3) is 0.905. The van der Waals surface area contributed by atoms with Crippen LogP contribution in [0.15, 0.2) is 12.3 Å². The molecule has 0 saturated heterocycles. The largest absolute Gasteiger partial charge is 0.391 e. The molecule has 0 aliphatic heterocycles. The molecule has 0 spiro atoms. The Labute approximate surface area is 141 Å². The van der Waals surface area contributed by atoms with E-state index in [0.29, 0.717) is 0 Å². The topological polar surface area (TPSA) is 12.0 Å². The summed E-state index contributed by atoms with van der Waals surface area (Å²) >= 11 is 0. The molecule has 1 heteroatoms. The number of nitrogens with one attached hydrogen (secondary N) is 1. The van der Waals surface area contributed by atoms with Crippen LogP contribution in [0.2, 0.25) is 0 Å². The van der Waals surface area contributed by atoms with Gasteiger partial charge in [-0.1, -0.05) is 109 Å². The second-order valence-corrected chi connectivity index (χ2v) is 6.76. The van der Waals surface area contributed by atoms with Gasteiger partial charge < -0.3 is 5.32 Å². The van der Waals surface area contributed by atoms with Gasteiger partial charge in [0, 0.05) is 6.54 Å². The van der Waals surface area contributed by atoms with Crippen molar-refractivity contribution in [1.29, 1.82) is 0 Å². The van der Waals surface area contributed by atoms with Crippen LogP contribution in [0.1, 0.15) is 117 Å². The van der Waals surface area contributed by atoms with Gasteiger partial charge in [0.2, 0.25) is 0 Å². The SMILES string of the molecule is CC=CNCCCCCCCCCCCCCCCCCC. The second-order valence-electron chi connectivity index (χ2n) is 6.76. The molecule has 0 aromatic carbocycles. The van der Waals surface area contributed by atoms with E-state index in [9.17, 15) is 0 Å². The maximum atomic E-state index is 3.30. The number of allylic oxidation sites excluding steroid dienone is 1. The smallest absolute Gasteiger partial charge is 0.0141 e. The molecular formula is C21H43N. The Bertz CT molecular complexity index is 210. The van der Waals surface area contributed by atoms with Crippen molar-refractivity contribution in [3.05, 3.63) is 12.3 Å². The summed E-state index contributed by atoms with van der Waals surface area (Å²) in [6, 6.07) is 0. The van der Waals surface area contributed by atoms with Crippen molar-refractivity contribution in [1.82, 2.24) is 5.32 Å². The summed E-state index contributed by atoms with van der Waals surface area (Å²) in [5, 5.41) is 3.30. The van der Waals surface area contributed by atoms with Gasteiger partial charge in [0.15, 0.2) is 0 Å². The van der Waals surface area contributed by atoms with E-state index in [4.69, 9.17) is 0 Å². The first-order valence-corrected chi connectivity index (χ1v) is 10.3. The average Bonchev–Trinajstić information content (AvgIpc) is 2.54. The summed E-state index contributed by atoms with van der Waals surface area (Å²) in [5.41, 5.74) is 0. The normalized spacial score (nSPS) is 11.4. The summed E-state index contributed by atoms with van der Waals surface area (Å²) in [4.78, 5) is 0. The number of rotatable bonds is 18. The Balaban J connectivity index is 2.94. The van der Waals surface area contributed by atoms with Crippen molar-refractivity contribution in [3.8, 4) is 0 Å². The first-order valence-electron chi connectivity index (χ1n) is 10.3. The first kappa shape index (κ1) is 21.5. The average molecular weight is 310 g/mol. The molecule has 0 aliphatic carbocycles. The minimum Gasteiger partial charge on any atom is -0.391 e. The summed E-state index contributed by atoms with van der Waals surface area (Å²) in [6.45, 7) is 5.49. The van der Waals surface area contributed by atoms with E-state index in [2.05, 4.69) is 25.2 Å². The lowest BCUT2D eigenvalue weighted by Crippen LogP contribution is -2.05. The van der Waals surface area contributed by atoms with Crippen molar-refractivity contribution in [3.63, 3.8) is 0 Å². The molecule has 0 bridgehead atoms. The number of hydrogen-bond acceptors (Lipinski definition) is 1. The zero-order chi connectivity index (χ0) is 16.1. The van der Waals surface area contributed by atoms with E-state index in [0.717, 1.165) is 6.54 Å². The Morgan fingerprint density at radius 2 is 0.909 bits per heavy atom. The maximum absolute atomic E-state index is 3.30. The summed E-state index contributed by atoms with van der Waals surface area (Å²) in [5.74, 6) is 0. The molecule has 0 saturated carbocycles. The van der Waals surface area contributed by atoms with Gasteiger partial charge in [-0.3, -0.25) is 0 Å². The van der Waals surface area contributed by atoms with Gasteiger partial charge in [-0.2, -0.15) is 0 Å². The molecule has 1 N–H and O–H groups in total. The molecular weight excluding hydrogens is 266 g/mol. The Morgan fingerprint density at radius 1 is 0.545 bits per heavy atom. The predicted molar refractivity (Wildman–Crippen MR) is 102 cm³/mol. The highest BCUT2D eigenvalue weighted by atomic mass is 14.8. The molecule has 0 radical (unpaired) electrons. The molecule has 0 amide bonds. The Morgan fingerprint density at radius 3 is 1.27 bits per heavy atom. The van der Waals surface area contributed by atoms with Crippen LogP contribution in [0.3, 0.4) is 0 Å². The van der Waals surface area contributed by atoms with Crippen molar-refractivity contribution >= 4 is 0 Å². The van der Waals surface area contributed by atoms with Gasteiger partial charge in [0.25, 0.3) is 0 Å². The van der Waals surface area contributed by atoms with Crippen LogP contribution in [0.5, 0.6) is 0 Å². The van der Waals surface area contributed by atoms with E-state index in [1.54, 1.807) is 0 Å². The van der Waals surface area contributed by atoms with Gasteiger partial charge in [-0.15, -0.1) is 0 Å². The highest BCUT2D eigenvalue weighted by Gasteiger charge is 1.94. The van der Waals surface area contributed by atoms with Crippen molar-refractivity contribution in [2.45, 2.75) is 117 Å². The van der Waals surface area contributed by atoms with E-state index >= 15 is 0 Å². The van der Waals surface area contributed by atoms with Crippen LogP contribution >= 0.6 is 0 Å². The molecule has 0 atom stereocenters. The van der Waals surface area contributed by atoms with Crippen molar-refractivity contribution in [2.24, 2.45) is 0 Å². The highest BCUT2D eigenvalue weighted by molar-refractivity contribution is 4.73. The third-order valence-corrected chi connectivity index (χ3v) is 4.46. The molecule has 0 aliphatic rings. The van der Waals surface area contributed by atoms with Gasteiger partial charge >= 0.3 is 0 Å². The van der Waals surface area contributed by atoms with E-state index in [1.807, 2.05) is 6.20 Å². The van der Waals surface area contributed by atoms with E-state index in [1.165, 1.54) is 103 Å². The third-order valence-electron chi connectivity index (χ3n) is 4.46. The van der Waals surface area contributed by atoms with Crippen molar-refractivity contribution in [2.75, 3.05) is 6.54 Å². The number of unbranched alkanes of at least 4 members (excludes halogenated alkanes) is 15. The van der Waals surface area contributed by atoms with Crippen LogP contribution in [0, 0.1) is 0 Å². The lowest BCUT2D eigenvalue weighted by atomic mass is 10.0. The molecule has 0 rings (SSSR count). The van der Waals surface area contributed by atoms with Crippen LogP contribution in [0.4, 0.5) is 0 Å². The van der Waals surface area contributed by atoms with Crippen molar-refractivity contribution < 1.29 is 0 Å². The summed E-state index contributed by atoms with van der Waals surface area (Å²) in [6.07, 6.45) is 27.2. The standard InChI is InChI=1S/C21H43N/c1-3-5-6-7-8-9-10-11-12-13-14-15-16-17-18-19-21-22-20-4-2/h4,20,22H,3,5-19,21H2,1-2H3. The lowest BCUT2D eigenvalue weighted by molar-refractivity contribution is 0.528. The van der Waals surface area contributed by atoms with E-state index in [-0.39, 0.29) is 0 Å². The van der Waals surface area contributed by atoms with Crippen LogP contribution in [0.25, 0.3) is 0 Å². The lowest BCUT2D eigenvalue weighted by Gasteiger charge is -2.04. The summed E-state index contributed by atoms with van der Waals surface area (Å²) in [7, 11) is 0. The molecule has 0 heterocycles. The fourth-order valence-electron chi connectivity index (χ4n) is 2.98. The number of hydrogen-bond donors (Lipinski definition) is 1. The van der Waals surface area contributed by atoms with Crippen LogP contribution < -0.4 is 5.32 Å². The monoisotopic (exact) mass is 309 g/mol. The zero-order valence-corrected chi connectivity index (χ0v) is 15.7. The second kappa shape index (κ2) is 20.5. The minimum absolute atomic E-state index is 1.14. The van der Waals surface area contributed by atoms with Gasteiger partial charge in [-0.25, -0.2) is 0 Å². The minimum atomic E-state index is 1.14. The summed E-state index contributed by atoms with van der Waals surface area (Å²) < 4.78 is 0. The fourth-order valence-corrected chi connectivity index (χ4v) is 2.98. The highest BCUT2D eigenvalue weighted by Crippen LogP contribution is 2.13. The van der Waals surface area contributed by atoms with Gasteiger partial charge in [-0.05, 0) is 19.5 Å². The molecule has 132 valence electrons. The molecule has 0 aromatic heterocycles. The maximum Gasteiger partial charge on any atom is 0.0141 e. The molecule has 0 aromatic rings.